The predicted molar refractivity (Wildman–Crippen MR) is 69.2 cm³/mol. The van der Waals surface area contributed by atoms with Crippen LogP contribution < -0.4 is 0 Å². The number of carbonyl (C=O) groups is 1. The number of aliphatic hydroxyl groups excluding tert-OH is 1. The van der Waals surface area contributed by atoms with E-state index in [0.717, 1.165) is 45.2 Å². The molecule has 2 rings (SSSR count). The fourth-order valence-corrected chi connectivity index (χ4v) is 3.24. The zero-order chi connectivity index (χ0) is 13.0. The van der Waals surface area contributed by atoms with Gasteiger partial charge in [-0.25, -0.2) is 0 Å². The van der Waals surface area contributed by atoms with Crippen LogP contribution in [0.2, 0.25) is 0 Å². The van der Waals surface area contributed by atoms with E-state index in [2.05, 4.69) is 4.90 Å². The summed E-state index contributed by atoms with van der Waals surface area (Å²) in [5.74, 6) is 0.0308. The molecular weight excluding hydrogens is 230 g/mol. The number of carbonyl (C=O) groups excluding carboxylic acids is 1. The summed E-state index contributed by atoms with van der Waals surface area (Å²) in [5, 5.41) is 10.0. The molecule has 1 saturated heterocycles. The topological polar surface area (TPSA) is 49.8 Å². The van der Waals surface area contributed by atoms with E-state index in [4.69, 9.17) is 4.74 Å². The first kappa shape index (κ1) is 13.8. The second-order valence-corrected chi connectivity index (χ2v) is 5.48. The van der Waals surface area contributed by atoms with Gasteiger partial charge in [-0.1, -0.05) is 12.8 Å². The van der Waals surface area contributed by atoms with E-state index in [0.29, 0.717) is 12.6 Å². The normalized spacial score (nSPS) is 31.2. The van der Waals surface area contributed by atoms with Crippen LogP contribution in [0.1, 0.15) is 45.4 Å². The van der Waals surface area contributed by atoms with Gasteiger partial charge in [-0.2, -0.15) is 0 Å². The highest BCUT2D eigenvalue weighted by atomic mass is 16.5. The van der Waals surface area contributed by atoms with E-state index in [1.54, 1.807) is 0 Å². The maximum Gasteiger partial charge on any atom is 0.309 e. The molecule has 2 unspecified atom stereocenters. The van der Waals surface area contributed by atoms with Crippen LogP contribution in [0.25, 0.3) is 0 Å². The van der Waals surface area contributed by atoms with Gasteiger partial charge < -0.3 is 9.84 Å². The SMILES string of the molecule is CCOC(=O)C1CCN(C2CCCCC2O)CC1. The molecule has 1 aliphatic heterocycles. The molecule has 4 nitrogen and oxygen atoms in total. The number of likely N-dealkylation sites (tertiary alicyclic amines) is 1. The van der Waals surface area contributed by atoms with E-state index in [1.807, 2.05) is 6.92 Å². The molecule has 0 aromatic heterocycles. The fraction of sp³-hybridized carbons (Fsp3) is 0.929. The van der Waals surface area contributed by atoms with Crippen molar-refractivity contribution in [3.8, 4) is 0 Å². The van der Waals surface area contributed by atoms with Gasteiger partial charge in [0.2, 0.25) is 0 Å². The first-order chi connectivity index (χ1) is 8.72. The van der Waals surface area contributed by atoms with Crippen LogP contribution in [-0.2, 0) is 9.53 Å². The summed E-state index contributed by atoms with van der Waals surface area (Å²) in [6.07, 6.45) is 5.99. The molecule has 1 N–H and O–H groups in total. The Bertz CT molecular complexity index is 274. The molecule has 0 aromatic carbocycles. The average Bonchev–Trinajstić information content (AvgIpc) is 2.40. The number of aliphatic hydroxyl groups is 1. The third-order valence-corrected chi connectivity index (χ3v) is 4.31. The van der Waals surface area contributed by atoms with E-state index < -0.39 is 0 Å². The summed E-state index contributed by atoms with van der Waals surface area (Å²) >= 11 is 0. The molecule has 0 bridgehead atoms. The maximum atomic E-state index is 11.7. The molecule has 104 valence electrons. The Morgan fingerprint density at radius 1 is 1.22 bits per heavy atom. The largest absolute Gasteiger partial charge is 0.466 e. The van der Waals surface area contributed by atoms with E-state index in [-0.39, 0.29) is 18.0 Å². The van der Waals surface area contributed by atoms with Crippen molar-refractivity contribution in [2.45, 2.75) is 57.6 Å². The van der Waals surface area contributed by atoms with E-state index >= 15 is 0 Å². The van der Waals surface area contributed by atoms with Crippen molar-refractivity contribution in [1.82, 2.24) is 4.90 Å². The Morgan fingerprint density at radius 2 is 1.89 bits per heavy atom. The van der Waals surface area contributed by atoms with Crippen LogP contribution in [0.3, 0.4) is 0 Å². The lowest BCUT2D eigenvalue weighted by atomic mass is 9.88. The van der Waals surface area contributed by atoms with Gasteiger partial charge in [0, 0.05) is 6.04 Å². The molecule has 0 amide bonds. The quantitative estimate of drug-likeness (QED) is 0.778. The lowest BCUT2D eigenvalue weighted by Crippen LogP contribution is -2.49. The smallest absolute Gasteiger partial charge is 0.309 e. The molecule has 0 aromatic rings. The van der Waals surface area contributed by atoms with Crippen LogP contribution in [0.4, 0.5) is 0 Å². The maximum absolute atomic E-state index is 11.7. The van der Waals surface area contributed by atoms with E-state index in [1.165, 1.54) is 6.42 Å². The molecule has 4 heteroatoms. The van der Waals surface area contributed by atoms with Gasteiger partial charge in [0.05, 0.1) is 18.6 Å². The van der Waals surface area contributed by atoms with Crippen LogP contribution in [0.15, 0.2) is 0 Å². The number of nitrogens with zero attached hydrogens (tertiary/aromatic N) is 1. The number of piperidine rings is 1. The van der Waals surface area contributed by atoms with Gasteiger partial charge in [-0.3, -0.25) is 9.69 Å². The average molecular weight is 255 g/mol. The van der Waals surface area contributed by atoms with Gasteiger partial charge in [0.15, 0.2) is 0 Å². The molecule has 2 fully saturated rings. The summed E-state index contributed by atoms with van der Waals surface area (Å²) in [5.41, 5.74) is 0. The first-order valence-corrected chi connectivity index (χ1v) is 7.31. The van der Waals surface area contributed by atoms with Gasteiger partial charge >= 0.3 is 5.97 Å². The molecule has 2 aliphatic rings. The summed E-state index contributed by atoms with van der Waals surface area (Å²) in [4.78, 5) is 14.0. The minimum absolute atomic E-state index is 0.0404. The zero-order valence-electron chi connectivity index (χ0n) is 11.3. The van der Waals surface area contributed by atoms with Crippen molar-refractivity contribution in [3.63, 3.8) is 0 Å². The van der Waals surface area contributed by atoms with Crippen molar-refractivity contribution in [2.75, 3.05) is 19.7 Å². The number of hydrogen-bond acceptors (Lipinski definition) is 4. The lowest BCUT2D eigenvalue weighted by molar-refractivity contribution is -0.150. The second-order valence-electron chi connectivity index (χ2n) is 5.48. The highest BCUT2D eigenvalue weighted by molar-refractivity contribution is 5.72. The van der Waals surface area contributed by atoms with Gasteiger partial charge in [0.25, 0.3) is 0 Å². The number of hydrogen-bond donors (Lipinski definition) is 1. The van der Waals surface area contributed by atoms with Crippen LogP contribution in [-0.4, -0.2) is 47.8 Å². The van der Waals surface area contributed by atoms with Crippen LogP contribution in [0.5, 0.6) is 0 Å². The Hall–Kier alpha value is -0.610. The molecule has 0 spiro atoms. The summed E-state index contributed by atoms with van der Waals surface area (Å²) in [6, 6.07) is 0.321. The van der Waals surface area contributed by atoms with Crippen molar-refractivity contribution in [3.05, 3.63) is 0 Å². The van der Waals surface area contributed by atoms with Gasteiger partial charge in [-0.05, 0) is 45.7 Å². The van der Waals surface area contributed by atoms with Crippen molar-refractivity contribution >= 4 is 5.97 Å². The summed E-state index contributed by atoms with van der Waals surface area (Å²) in [7, 11) is 0. The zero-order valence-corrected chi connectivity index (χ0v) is 11.3. The molecular formula is C14H25NO3. The number of esters is 1. The molecule has 1 saturated carbocycles. The summed E-state index contributed by atoms with van der Waals surface area (Å²) < 4.78 is 5.08. The molecule has 1 heterocycles. The van der Waals surface area contributed by atoms with Gasteiger partial charge in [-0.15, -0.1) is 0 Å². The Labute approximate surface area is 109 Å². The number of ether oxygens (including phenoxy) is 1. The van der Waals surface area contributed by atoms with Crippen LogP contribution >= 0.6 is 0 Å². The van der Waals surface area contributed by atoms with E-state index in [9.17, 15) is 9.90 Å². The highest BCUT2D eigenvalue weighted by Gasteiger charge is 2.33. The first-order valence-electron chi connectivity index (χ1n) is 7.31. The van der Waals surface area contributed by atoms with Crippen molar-refractivity contribution in [1.29, 1.82) is 0 Å². The fourth-order valence-electron chi connectivity index (χ4n) is 3.24. The standard InChI is InChI=1S/C14H25NO3/c1-2-18-14(17)11-7-9-15(10-8-11)12-5-3-4-6-13(12)16/h11-13,16H,2-10H2,1H3. The lowest BCUT2D eigenvalue weighted by Gasteiger charge is -2.41. The van der Waals surface area contributed by atoms with Crippen LogP contribution in [0, 0.1) is 5.92 Å². The monoisotopic (exact) mass is 255 g/mol. The van der Waals surface area contributed by atoms with Crippen molar-refractivity contribution in [2.24, 2.45) is 5.92 Å². The third kappa shape index (κ3) is 3.23. The highest BCUT2D eigenvalue weighted by Crippen LogP contribution is 2.27. The number of rotatable bonds is 3. The Balaban J connectivity index is 1.80. The second kappa shape index (κ2) is 6.53. The predicted octanol–water partition coefficient (Wildman–Crippen LogP) is 1.56. The molecule has 0 radical (unpaired) electrons. The van der Waals surface area contributed by atoms with Gasteiger partial charge in [0.1, 0.15) is 0 Å². The third-order valence-electron chi connectivity index (χ3n) is 4.31. The Kier molecular flexibility index (Phi) is 5.01. The van der Waals surface area contributed by atoms with Crippen molar-refractivity contribution < 1.29 is 14.6 Å². The molecule has 1 aliphatic carbocycles. The minimum atomic E-state index is -0.169. The minimum Gasteiger partial charge on any atom is -0.466 e. The Morgan fingerprint density at radius 3 is 2.50 bits per heavy atom. The summed E-state index contributed by atoms with van der Waals surface area (Å²) in [6.45, 7) is 4.17. The molecule has 18 heavy (non-hydrogen) atoms. The molecule has 2 atom stereocenters.